The molecule has 2 rings (SSSR count). The molecule has 1 unspecified atom stereocenters. The van der Waals surface area contributed by atoms with Crippen LogP contribution in [0.15, 0.2) is 18.2 Å². The van der Waals surface area contributed by atoms with E-state index in [-0.39, 0.29) is 0 Å². The Labute approximate surface area is 129 Å². The maximum absolute atomic E-state index is 5.83. The smallest absolute Gasteiger partial charge is 0.124 e. The maximum atomic E-state index is 5.83. The lowest BCUT2D eigenvalue weighted by Gasteiger charge is -2.17. The van der Waals surface area contributed by atoms with E-state index in [2.05, 4.69) is 37.4 Å². The highest BCUT2D eigenvalue weighted by Crippen LogP contribution is 2.32. The minimum absolute atomic E-state index is 0.362. The van der Waals surface area contributed by atoms with Gasteiger partial charge in [-0.3, -0.25) is 0 Å². The van der Waals surface area contributed by atoms with Crippen LogP contribution in [0.1, 0.15) is 56.7 Å². The van der Waals surface area contributed by atoms with Crippen LogP contribution in [0.4, 0.5) is 0 Å². The molecule has 0 saturated heterocycles. The third-order valence-electron chi connectivity index (χ3n) is 4.13. The van der Waals surface area contributed by atoms with Crippen LogP contribution < -0.4 is 10.1 Å². The molecule has 1 aromatic carbocycles. The fourth-order valence-electron chi connectivity index (χ4n) is 2.50. The van der Waals surface area contributed by atoms with Gasteiger partial charge < -0.3 is 14.8 Å². The van der Waals surface area contributed by atoms with Crippen LogP contribution >= 0.6 is 0 Å². The molecule has 0 heterocycles. The minimum atomic E-state index is 0.362. The first-order chi connectivity index (χ1) is 10.2. The molecule has 3 heteroatoms. The van der Waals surface area contributed by atoms with Crippen molar-refractivity contribution < 1.29 is 9.47 Å². The van der Waals surface area contributed by atoms with E-state index in [0.29, 0.717) is 12.6 Å². The van der Waals surface area contributed by atoms with Crippen molar-refractivity contribution in [2.75, 3.05) is 20.3 Å². The molecule has 0 spiro atoms. The summed E-state index contributed by atoms with van der Waals surface area (Å²) in [6.45, 7) is 6.94. The molecule has 1 atom stereocenters. The molecule has 3 nitrogen and oxygen atoms in total. The van der Waals surface area contributed by atoms with Crippen molar-refractivity contribution in [3.8, 4) is 5.75 Å². The molecule has 0 aromatic heterocycles. The first-order valence-corrected chi connectivity index (χ1v) is 8.22. The molecule has 0 bridgehead atoms. The number of benzene rings is 1. The molecule has 0 amide bonds. The normalized spacial score (nSPS) is 16.0. The molecule has 0 radical (unpaired) electrons. The van der Waals surface area contributed by atoms with Gasteiger partial charge in [0.1, 0.15) is 5.75 Å². The zero-order chi connectivity index (χ0) is 15.1. The van der Waals surface area contributed by atoms with E-state index in [0.717, 1.165) is 36.8 Å². The van der Waals surface area contributed by atoms with Gasteiger partial charge in [0, 0.05) is 18.2 Å². The van der Waals surface area contributed by atoms with E-state index < -0.39 is 0 Å². The predicted molar refractivity (Wildman–Crippen MR) is 86.7 cm³/mol. The van der Waals surface area contributed by atoms with Crippen molar-refractivity contribution >= 4 is 0 Å². The molecule has 1 saturated carbocycles. The van der Waals surface area contributed by atoms with Gasteiger partial charge in [0.15, 0.2) is 0 Å². The van der Waals surface area contributed by atoms with Gasteiger partial charge in [-0.1, -0.05) is 25.8 Å². The van der Waals surface area contributed by atoms with Crippen LogP contribution in [-0.4, -0.2) is 20.3 Å². The average Bonchev–Trinajstić information content (AvgIpc) is 3.33. The summed E-state index contributed by atoms with van der Waals surface area (Å²) in [6, 6.07) is 6.77. The molecular formula is C18H29NO2. The predicted octanol–water partition coefficient (Wildman–Crippen LogP) is 4.07. The van der Waals surface area contributed by atoms with E-state index in [1.54, 1.807) is 7.11 Å². The number of rotatable bonds is 10. The molecule has 21 heavy (non-hydrogen) atoms. The number of hydrogen-bond donors (Lipinski definition) is 1. The Morgan fingerprint density at radius 2 is 2.14 bits per heavy atom. The SMILES string of the molecule is CCCNC(C)c1ccc(OC)c(COCCC2CC2)c1. The van der Waals surface area contributed by atoms with Gasteiger partial charge >= 0.3 is 0 Å². The van der Waals surface area contributed by atoms with Gasteiger partial charge in [-0.05, 0) is 49.9 Å². The van der Waals surface area contributed by atoms with Crippen molar-refractivity contribution in [1.29, 1.82) is 0 Å². The van der Waals surface area contributed by atoms with E-state index >= 15 is 0 Å². The average molecular weight is 291 g/mol. The van der Waals surface area contributed by atoms with E-state index in [1.807, 2.05) is 0 Å². The molecule has 0 aliphatic heterocycles. The fraction of sp³-hybridized carbons (Fsp3) is 0.667. The summed E-state index contributed by atoms with van der Waals surface area (Å²) in [4.78, 5) is 0. The number of ether oxygens (including phenoxy) is 2. The minimum Gasteiger partial charge on any atom is -0.496 e. The first kappa shape index (κ1) is 16.3. The van der Waals surface area contributed by atoms with Crippen molar-refractivity contribution in [1.82, 2.24) is 5.32 Å². The molecule has 1 aromatic rings. The maximum Gasteiger partial charge on any atom is 0.124 e. The zero-order valence-corrected chi connectivity index (χ0v) is 13.7. The Morgan fingerprint density at radius 1 is 1.33 bits per heavy atom. The highest BCUT2D eigenvalue weighted by molar-refractivity contribution is 5.38. The molecule has 118 valence electrons. The van der Waals surface area contributed by atoms with Crippen molar-refractivity contribution in [2.24, 2.45) is 5.92 Å². The molecule has 1 fully saturated rings. The summed E-state index contributed by atoms with van der Waals surface area (Å²) in [5, 5.41) is 3.52. The summed E-state index contributed by atoms with van der Waals surface area (Å²) < 4.78 is 11.3. The third kappa shape index (κ3) is 5.33. The second-order valence-electron chi connectivity index (χ2n) is 6.03. The van der Waals surface area contributed by atoms with Crippen LogP contribution in [-0.2, 0) is 11.3 Å². The quantitative estimate of drug-likeness (QED) is 0.659. The Kier molecular flexibility index (Phi) is 6.52. The van der Waals surface area contributed by atoms with Crippen molar-refractivity contribution in [3.63, 3.8) is 0 Å². The van der Waals surface area contributed by atoms with Gasteiger partial charge in [-0.2, -0.15) is 0 Å². The van der Waals surface area contributed by atoms with Gasteiger partial charge in [0.2, 0.25) is 0 Å². The number of nitrogens with one attached hydrogen (secondary N) is 1. The fourth-order valence-corrected chi connectivity index (χ4v) is 2.50. The molecule has 1 aliphatic carbocycles. The molecule has 1 N–H and O–H groups in total. The Hall–Kier alpha value is -1.06. The highest BCUT2D eigenvalue weighted by Gasteiger charge is 2.20. The van der Waals surface area contributed by atoms with E-state index in [9.17, 15) is 0 Å². The standard InChI is InChI=1S/C18H29NO2/c1-4-10-19-14(2)16-7-8-18(20-3)17(12-16)13-21-11-9-15-5-6-15/h7-8,12,14-15,19H,4-6,9-11,13H2,1-3H3. The lowest BCUT2D eigenvalue weighted by Crippen LogP contribution is -2.19. The summed E-state index contributed by atoms with van der Waals surface area (Å²) in [7, 11) is 1.72. The number of hydrogen-bond acceptors (Lipinski definition) is 3. The Morgan fingerprint density at radius 3 is 2.81 bits per heavy atom. The van der Waals surface area contributed by atoms with Crippen LogP contribution in [0.3, 0.4) is 0 Å². The first-order valence-electron chi connectivity index (χ1n) is 8.22. The summed E-state index contributed by atoms with van der Waals surface area (Å²) in [5.74, 6) is 1.85. The van der Waals surface area contributed by atoms with Crippen LogP contribution in [0.5, 0.6) is 5.75 Å². The van der Waals surface area contributed by atoms with Crippen molar-refractivity contribution in [2.45, 2.75) is 52.2 Å². The monoisotopic (exact) mass is 291 g/mol. The van der Waals surface area contributed by atoms with E-state index in [4.69, 9.17) is 9.47 Å². The van der Waals surface area contributed by atoms with Crippen molar-refractivity contribution in [3.05, 3.63) is 29.3 Å². The molecule has 1 aliphatic rings. The number of methoxy groups -OCH3 is 1. The van der Waals surface area contributed by atoms with Gasteiger partial charge in [-0.25, -0.2) is 0 Å². The van der Waals surface area contributed by atoms with Crippen LogP contribution in [0.2, 0.25) is 0 Å². The second kappa shape index (κ2) is 8.40. The summed E-state index contributed by atoms with van der Waals surface area (Å²) in [5.41, 5.74) is 2.45. The van der Waals surface area contributed by atoms with E-state index in [1.165, 1.54) is 24.8 Å². The zero-order valence-electron chi connectivity index (χ0n) is 13.7. The highest BCUT2D eigenvalue weighted by atomic mass is 16.5. The molecular weight excluding hydrogens is 262 g/mol. The summed E-state index contributed by atoms with van der Waals surface area (Å²) >= 11 is 0. The lowest BCUT2D eigenvalue weighted by atomic mass is 10.0. The summed E-state index contributed by atoms with van der Waals surface area (Å²) in [6.07, 6.45) is 5.14. The Balaban J connectivity index is 1.91. The van der Waals surface area contributed by atoms with Crippen LogP contribution in [0.25, 0.3) is 0 Å². The van der Waals surface area contributed by atoms with Gasteiger partial charge in [0.05, 0.1) is 13.7 Å². The third-order valence-corrected chi connectivity index (χ3v) is 4.13. The second-order valence-corrected chi connectivity index (χ2v) is 6.03. The largest absolute Gasteiger partial charge is 0.496 e. The lowest BCUT2D eigenvalue weighted by molar-refractivity contribution is 0.113. The van der Waals surface area contributed by atoms with Crippen LogP contribution in [0, 0.1) is 5.92 Å². The van der Waals surface area contributed by atoms with Gasteiger partial charge in [-0.15, -0.1) is 0 Å². The van der Waals surface area contributed by atoms with Gasteiger partial charge in [0.25, 0.3) is 0 Å². The Bertz CT molecular complexity index is 429. The topological polar surface area (TPSA) is 30.5 Å².